The second kappa shape index (κ2) is 12.1. The minimum atomic E-state index is -4.81. The van der Waals surface area contributed by atoms with Crippen LogP contribution < -0.4 is 10.1 Å². The van der Waals surface area contributed by atoms with Gasteiger partial charge in [0.2, 0.25) is 5.28 Å². The third-order valence-electron chi connectivity index (χ3n) is 6.37. The molecule has 1 amide bonds. The van der Waals surface area contributed by atoms with Crippen LogP contribution >= 0.6 is 11.6 Å². The van der Waals surface area contributed by atoms with Crippen molar-refractivity contribution in [3.63, 3.8) is 0 Å². The molecule has 0 bridgehead atoms. The molecule has 38 heavy (non-hydrogen) atoms. The topological polar surface area (TPSA) is 103 Å². The van der Waals surface area contributed by atoms with Crippen molar-refractivity contribution >= 4 is 23.5 Å². The van der Waals surface area contributed by atoms with Crippen LogP contribution in [0.1, 0.15) is 61.3 Å². The van der Waals surface area contributed by atoms with Crippen molar-refractivity contribution in [2.45, 2.75) is 58.0 Å². The lowest BCUT2D eigenvalue weighted by Crippen LogP contribution is -2.34. The normalized spacial score (nSPS) is 17.9. The number of aliphatic carboxylic acids is 1. The first-order valence-electron chi connectivity index (χ1n) is 12.0. The van der Waals surface area contributed by atoms with E-state index in [1.165, 1.54) is 35.9 Å². The molecule has 1 aliphatic rings. The number of imidazole rings is 1. The summed E-state index contributed by atoms with van der Waals surface area (Å²) >= 11 is 6.38. The van der Waals surface area contributed by atoms with Crippen molar-refractivity contribution in [3.05, 3.63) is 46.5 Å². The van der Waals surface area contributed by atoms with E-state index in [1.54, 1.807) is 13.8 Å². The van der Waals surface area contributed by atoms with Crippen LogP contribution in [-0.4, -0.2) is 52.2 Å². The van der Waals surface area contributed by atoms with Gasteiger partial charge in [-0.05, 0) is 80.7 Å². The lowest BCUT2D eigenvalue weighted by atomic mass is 9.82. The Morgan fingerprint density at radius 3 is 2.37 bits per heavy atom. The molecule has 1 aromatic carbocycles. The summed E-state index contributed by atoms with van der Waals surface area (Å²) in [5.41, 5.74) is -0.0359. The van der Waals surface area contributed by atoms with E-state index in [4.69, 9.17) is 16.3 Å². The Kier molecular flexibility index (Phi) is 9.33. The van der Waals surface area contributed by atoms with Gasteiger partial charge in [-0.25, -0.2) is 4.98 Å². The van der Waals surface area contributed by atoms with Gasteiger partial charge in [0, 0.05) is 13.7 Å². The molecule has 12 heteroatoms. The van der Waals surface area contributed by atoms with Gasteiger partial charge in [0.1, 0.15) is 22.7 Å². The Morgan fingerprint density at radius 2 is 1.82 bits per heavy atom. The Bertz CT molecular complexity index is 1210. The second-order valence-electron chi connectivity index (χ2n) is 9.59. The number of benzene rings is 1. The molecule has 206 valence electrons. The lowest BCUT2D eigenvalue weighted by molar-refractivity contribution is -0.274. The average molecular weight is 556 g/mol. The van der Waals surface area contributed by atoms with Crippen LogP contribution in [0.3, 0.4) is 0 Å². The molecule has 1 aromatic heterocycles. The monoisotopic (exact) mass is 555 g/mol. The van der Waals surface area contributed by atoms with Gasteiger partial charge in [0.25, 0.3) is 5.91 Å². The molecule has 2 aromatic rings. The van der Waals surface area contributed by atoms with Crippen LogP contribution in [0, 0.1) is 23.7 Å². The second-order valence-corrected chi connectivity index (χ2v) is 9.92. The summed E-state index contributed by atoms with van der Waals surface area (Å²) in [6, 6.07) is 5.20. The fraction of sp³-hybridized carbons (Fsp3) is 0.500. The summed E-state index contributed by atoms with van der Waals surface area (Å²) in [6.07, 6.45) is -2.35. The fourth-order valence-corrected chi connectivity index (χ4v) is 4.29. The van der Waals surface area contributed by atoms with Crippen LogP contribution in [0.5, 0.6) is 5.75 Å². The molecule has 0 atom stereocenters. The highest BCUT2D eigenvalue weighted by molar-refractivity contribution is 6.29. The van der Waals surface area contributed by atoms with E-state index in [0.717, 1.165) is 0 Å². The van der Waals surface area contributed by atoms with Crippen molar-refractivity contribution in [1.82, 2.24) is 14.9 Å². The molecule has 1 fully saturated rings. The summed E-state index contributed by atoms with van der Waals surface area (Å²) in [6.45, 7) is 3.88. The molecule has 0 unspecified atom stereocenters. The maximum atomic E-state index is 13.3. The number of nitrogens with one attached hydrogen (secondary N) is 1. The molecule has 1 heterocycles. The zero-order chi connectivity index (χ0) is 28.1. The van der Waals surface area contributed by atoms with Gasteiger partial charge in [0.15, 0.2) is 0 Å². The van der Waals surface area contributed by atoms with Gasteiger partial charge in [-0.15, -0.1) is 13.2 Å². The smallest absolute Gasteiger partial charge is 0.481 e. The summed E-state index contributed by atoms with van der Waals surface area (Å²) < 4.78 is 48.1. The minimum absolute atomic E-state index is 0.0211. The highest BCUT2D eigenvalue weighted by Crippen LogP contribution is 2.29. The molecule has 1 aliphatic carbocycles. The number of halogens is 4. The van der Waals surface area contributed by atoms with Crippen molar-refractivity contribution < 1.29 is 37.3 Å². The summed E-state index contributed by atoms with van der Waals surface area (Å²) in [4.78, 5) is 28.8. The third kappa shape index (κ3) is 8.13. The van der Waals surface area contributed by atoms with Gasteiger partial charge >= 0.3 is 12.3 Å². The number of methoxy groups -OCH3 is 1. The third-order valence-corrected chi connectivity index (χ3v) is 6.66. The van der Waals surface area contributed by atoms with Gasteiger partial charge < -0.3 is 24.5 Å². The van der Waals surface area contributed by atoms with Gasteiger partial charge in [-0.3, -0.25) is 9.59 Å². The number of nitrogens with zero attached hydrogens (tertiary/aromatic N) is 2. The van der Waals surface area contributed by atoms with E-state index in [-0.39, 0.29) is 40.8 Å². The number of hydrogen-bond acceptors (Lipinski definition) is 5. The number of rotatable bonds is 8. The SMILES string of the molecule is COC(C)(C)C#Cc1nc(Cl)n(Cc2ccc(OC(F)(F)F)cc2)c1C(=O)NCC1CCC(C(=O)O)CC1. The molecular formula is C26H29ClF3N3O5. The van der Waals surface area contributed by atoms with E-state index in [1.807, 2.05) is 0 Å². The molecule has 1 saturated carbocycles. The van der Waals surface area contributed by atoms with Crippen molar-refractivity contribution in [3.8, 4) is 17.6 Å². The maximum Gasteiger partial charge on any atom is 0.573 e. The predicted octanol–water partition coefficient (Wildman–Crippen LogP) is 4.88. The number of carbonyl (C=O) groups is 2. The van der Waals surface area contributed by atoms with Gasteiger partial charge in [0.05, 0.1) is 12.5 Å². The Hall–Kier alpha value is -3.23. The standard InChI is InChI=1S/C26H29ClF3N3O5/c1-25(2,37-3)13-12-20-21(22(34)31-14-16-4-8-18(9-5-16)23(35)36)33(24(27)32-20)15-17-6-10-19(11-7-17)38-26(28,29)30/h6-7,10-11,16,18H,4-5,8-9,14-15H2,1-3H3,(H,31,34)(H,35,36). The molecule has 0 aliphatic heterocycles. The predicted molar refractivity (Wildman–Crippen MR) is 133 cm³/mol. The summed E-state index contributed by atoms with van der Waals surface area (Å²) in [7, 11) is 1.50. The van der Waals surface area contributed by atoms with Crippen LogP contribution in [0.2, 0.25) is 5.28 Å². The first-order chi connectivity index (χ1) is 17.8. The van der Waals surface area contributed by atoms with E-state index >= 15 is 0 Å². The average Bonchev–Trinajstić information content (AvgIpc) is 3.16. The van der Waals surface area contributed by atoms with Crippen LogP contribution in [0.25, 0.3) is 0 Å². The number of carbonyl (C=O) groups excluding carboxylic acids is 1. The zero-order valence-corrected chi connectivity index (χ0v) is 21.9. The molecule has 3 rings (SSSR count). The largest absolute Gasteiger partial charge is 0.573 e. The number of ether oxygens (including phenoxy) is 2. The van der Waals surface area contributed by atoms with Crippen LogP contribution in [0.15, 0.2) is 24.3 Å². The van der Waals surface area contributed by atoms with Gasteiger partial charge in [-0.1, -0.05) is 18.1 Å². The maximum absolute atomic E-state index is 13.3. The molecular weight excluding hydrogens is 527 g/mol. The molecule has 0 spiro atoms. The molecule has 2 N–H and O–H groups in total. The van der Waals surface area contributed by atoms with Crippen LogP contribution in [0.4, 0.5) is 13.2 Å². The zero-order valence-electron chi connectivity index (χ0n) is 21.2. The fourth-order valence-electron chi connectivity index (χ4n) is 4.06. The quantitative estimate of drug-likeness (QED) is 0.450. The summed E-state index contributed by atoms with van der Waals surface area (Å²) in [5, 5.41) is 12.1. The molecule has 0 radical (unpaired) electrons. The van der Waals surface area contributed by atoms with Crippen molar-refractivity contribution in [2.24, 2.45) is 11.8 Å². The van der Waals surface area contributed by atoms with Crippen molar-refractivity contribution in [1.29, 1.82) is 0 Å². The number of amides is 1. The van der Waals surface area contributed by atoms with Crippen LogP contribution in [-0.2, 0) is 16.1 Å². The van der Waals surface area contributed by atoms with E-state index in [9.17, 15) is 27.9 Å². The molecule has 0 saturated heterocycles. The Labute approximate surface area is 223 Å². The number of alkyl halides is 3. The van der Waals surface area contributed by atoms with E-state index in [0.29, 0.717) is 37.8 Å². The van der Waals surface area contributed by atoms with E-state index in [2.05, 4.69) is 26.9 Å². The Morgan fingerprint density at radius 1 is 1.18 bits per heavy atom. The number of hydrogen-bond donors (Lipinski definition) is 2. The first kappa shape index (κ1) is 29.3. The number of carboxylic acid groups (broad SMARTS) is 1. The van der Waals surface area contributed by atoms with E-state index < -0.39 is 23.8 Å². The number of carboxylic acids is 1. The summed E-state index contributed by atoms with van der Waals surface area (Å²) in [5.74, 6) is 3.90. The number of aromatic nitrogens is 2. The van der Waals surface area contributed by atoms with Gasteiger partial charge in [-0.2, -0.15) is 0 Å². The van der Waals surface area contributed by atoms with Crippen molar-refractivity contribution in [2.75, 3.05) is 13.7 Å². The Balaban J connectivity index is 1.84. The highest BCUT2D eigenvalue weighted by atomic mass is 35.5. The lowest BCUT2D eigenvalue weighted by Gasteiger charge is -2.26. The minimum Gasteiger partial charge on any atom is -0.481 e. The highest BCUT2D eigenvalue weighted by Gasteiger charge is 2.31. The molecule has 8 nitrogen and oxygen atoms in total. The first-order valence-corrected chi connectivity index (χ1v) is 12.4.